The predicted octanol–water partition coefficient (Wildman–Crippen LogP) is 4.40. The molecular weight excluding hydrogens is 435 g/mol. The number of para-hydroxylation sites is 1. The van der Waals surface area contributed by atoms with Gasteiger partial charge in [-0.2, -0.15) is 0 Å². The Hall–Kier alpha value is -3.40. The quantitative estimate of drug-likeness (QED) is 0.589. The average Bonchev–Trinajstić information content (AvgIpc) is 2.76. The number of likely N-dealkylation sites (tertiary alicyclic amines) is 1. The summed E-state index contributed by atoms with van der Waals surface area (Å²) in [6, 6.07) is 9.47. The van der Waals surface area contributed by atoms with Gasteiger partial charge >= 0.3 is 6.36 Å². The van der Waals surface area contributed by atoms with Crippen LogP contribution in [0.15, 0.2) is 42.6 Å². The summed E-state index contributed by atoms with van der Waals surface area (Å²) < 4.78 is 43.4. The zero-order chi connectivity index (χ0) is 23.6. The lowest BCUT2D eigenvalue weighted by Gasteiger charge is -2.29. The number of piperidine rings is 1. The number of nitrogens with one attached hydrogen (secondary N) is 2. The molecule has 2 heterocycles. The van der Waals surface area contributed by atoms with Crippen molar-refractivity contribution in [2.45, 2.75) is 32.2 Å². The van der Waals surface area contributed by atoms with Crippen LogP contribution in [0, 0.1) is 6.92 Å². The number of carbonyl (C=O) groups is 1. The maximum absolute atomic E-state index is 13.1. The Morgan fingerprint density at radius 1 is 1.18 bits per heavy atom. The maximum atomic E-state index is 13.1. The van der Waals surface area contributed by atoms with Gasteiger partial charge in [-0.1, -0.05) is 18.2 Å². The SMILES string of the molecule is Cc1cccc2cnc(Nc3ccc(C(=O)NC4CCN(C)CC4)cc3OC(F)(F)F)nc12. The molecular formula is C23H24F3N5O2. The number of hydrogen-bond donors (Lipinski definition) is 2. The second-order valence-corrected chi connectivity index (χ2v) is 8.14. The molecule has 1 aromatic heterocycles. The summed E-state index contributed by atoms with van der Waals surface area (Å²) in [7, 11) is 2.01. The van der Waals surface area contributed by atoms with Gasteiger partial charge in [-0.15, -0.1) is 13.2 Å². The van der Waals surface area contributed by atoms with Crippen molar-refractivity contribution in [3.8, 4) is 5.75 Å². The fourth-order valence-corrected chi connectivity index (χ4v) is 3.78. The number of ether oxygens (including phenoxy) is 1. The van der Waals surface area contributed by atoms with E-state index in [4.69, 9.17) is 0 Å². The van der Waals surface area contributed by atoms with E-state index in [0.717, 1.165) is 42.9 Å². The van der Waals surface area contributed by atoms with Crippen molar-refractivity contribution < 1.29 is 22.7 Å². The van der Waals surface area contributed by atoms with E-state index in [1.54, 1.807) is 6.20 Å². The van der Waals surface area contributed by atoms with Crippen molar-refractivity contribution in [3.05, 3.63) is 53.7 Å². The number of anilines is 2. The monoisotopic (exact) mass is 459 g/mol. The number of carbonyl (C=O) groups excluding carboxylic acids is 1. The number of rotatable bonds is 5. The summed E-state index contributed by atoms with van der Waals surface area (Å²) in [4.78, 5) is 23.4. The minimum Gasteiger partial charge on any atom is -0.404 e. The lowest BCUT2D eigenvalue weighted by molar-refractivity contribution is -0.274. The molecule has 1 saturated heterocycles. The van der Waals surface area contributed by atoms with E-state index < -0.39 is 18.0 Å². The normalized spacial score (nSPS) is 15.4. The van der Waals surface area contributed by atoms with E-state index in [1.807, 2.05) is 32.2 Å². The Morgan fingerprint density at radius 2 is 1.94 bits per heavy atom. The summed E-state index contributed by atoms with van der Waals surface area (Å²) in [5.41, 5.74) is 1.66. The highest BCUT2D eigenvalue weighted by Gasteiger charge is 2.33. The topological polar surface area (TPSA) is 79.4 Å². The van der Waals surface area contributed by atoms with Crippen LogP contribution in [-0.2, 0) is 0 Å². The largest absolute Gasteiger partial charge is 0.573 e. The van der Waals surface area contributed by atoms with Crippen LogP contribution in [0.25, 0.3) is 10.9 Å². The average molecular weight is 459 g/mol. The minimum absolute atomic E-state index is 0.00361. The molecule has 1 fully saturated rings. The predicted molar refractivity (Wildman–Crippen MR) is 119 cm³/mol. The van der Waals surface area contributed by atoms with Crippen LogP contribution in [0.4, 0.5) is 24.8 Å². The molecule has 2 N–H and O–H groups in total. The van der Waals surface area contributed by atoms with E-state index in [1.165, 1.54) is 12.1 Å². The van der Waals surface area contributed by atoms with Gasteiger partial charge < -0.3 is 20.3 Å². The molecule has 0 unspecified atom stereocenters. The molecule has 0 bridgehead atoms. The minimum atomic E-state index is -4.93. The smallest absolute Gasteiger partial charge is 0.404 e. The lowest BCUT2D eigenvalue weighted by Crippen LogP contribution is -2.43. The first-order valence-electron chi connectivity index (χ1n) is 10.6. The van der Waals surface area contributed by atoms with Crippen molar-refractivity contribution in [2.75, 3.05) is 25.5 Å². The van der Waals surface area contributed by atoms with Gasteiger partial charge in [-0.3, -0.25) is 4.79 Å². The Balaban J connectivity index is 1.58. The highest BCUT2D eigenvalue weighted by Crippen LogP contribution is 2.33. The number of nitrogens with zero attached hydrogens (tertiary/aromatic N) is 3. The molecule has 0 radical (unpaired) electrons. The van der Waals surface area contributed by atoms with Crippen LogP contribution in [0.5, 0.6) is 5.75 Å². The molecule has 33 heavy (non-hydrogen) atoms. The van der Waals surface area contributed by atoms with Crippen molar-refractivity contribution in [1.82, 2.24) is 20.2 Å². The van der Waals surface area contributed by atoms with Gasteiger partial charge in [0.2, 0.25) is 5.95 Å². The number of benzene rings is 2. The number of amides is 1. The third-order valence-corrected chi connectivity index (χ3v) is 5.58. The fraction of sp³-hybridized carbons (Fsp3) is 0.348. The first kappa shape index (κ1) is 22.8. The zero-order valence-corrected chi connectivity index (χ0v) is 18.2. The van der Waals surface area contributed by atoms with Crippen LogP contribution in [0.1, 0.15) is 28.8 Å². The third kappa shape index (κ3) is 5.70. The number of hydrogen-bond acceptors (Lipinski definition) is 6. The molecule has 0 saturated carbocycles. The summed E-state index contributed by atoms with van der Waals surface area (Å²) in [5, 5.41) is 6.49. The molecule has 1 amide bonds. The highest BCUT2D eigenvalue weighted by atomic mass is 19.4. The first-order chi connectivity index (χ1) is 15.7. The lowest BCUT2D eigenvalue weighted by atomic mass is 10.0. The summed E-state index contributed by atoms with van der Waals surface area (Å²) in [6.45, 7) is 3.58. The number of aromatic nitrogens is 2. The number of aryl methyl sites for hydroxylation is 1. The second-order valence-electron chi connectivity index (χ2n) is 8.14. The van der Waals surface area contributed by atoms with Crippen LogP contribution in [0.2, 0.25) is 0 Å². The van der Waals surface area contributed by atoms with E-state index in [9.17, 15) is 18.0 Å². The molecule has 4 rings (SSSR count). The van der Waals surface area contributed by atoms with E-state index in [0.29, 0.717) is 5.52 Å². The molecule has 2 aromatic carbocycles. The molecule has 10 heteroatoms. The number of fused-ring (bicyclic) bond motifs is 1. The van der Waals surface area contributed by atoms with Gasteiger partial charge in [-0.25, -0.2) is 9.97 Å². The molecule has 0 aliphatic carbocycles. The molecule has 0 spiro atoms. The van der Waals surface area contributed by atoms with Gasteiger partial charge in [-0.05, 0) is 63.7 Å². The highest BCUT2D eigenvalue weighted by molar-refractivity contribution is 5.95. The van der Waals surface area contributed by atoms with Gasteiger partial charge in [0, 0.05) is 23.2 Å². The van der Waals surface area contributed by atoms with Gasteiger partial charge in [0.1, 0.15) is 0 Å². The molecule has 1 aliphatic rings. The second kappa shape index (κ2) is 9.22. The number of alkyl halides is 3. The van der Waals surface area contributed by atoms with Crippen LogP contribution in [0.3, 0.4) is 0 Å². The van der Waals surface area contributed by atoms with Gasteiger partial charge in [0.15, 0.2) is 5.75 Å². The number of halogens is 3. The summed E-state index contributed by atoms with van der Waals surface area (Å²) in [5.74, 6) is -0.861. The van der Waals surface area contributed by atoms with E-state index in [2.05, 4.69) is 30.2 Å². The van der Waals surface area contributed by atoms with Gasteiger partial charge in [0.25, 0.3) is 5.91 Å². The molecule has 174 valence electrons. The molecule has 7 nitrogen and oxygen atoms in total. The van der Waals surface area contributed by atoms with Gasteiger partial charge in [0.05, 0.1) is 11.2 Å². The summed E-state index contributed by atoms with van der Waals surface area (Å²) >= 11 is 0. The fourth-order valence-electron chi connectivity index (χ4n) is 3.78. The van der Waals surface area contributed by atoms with Crippen molar-refractivity contribution in [2.24, 2.45) is 0 Å². The van der Waals surface area contributed by atoms with Crippen LogP contribution >= 0.6 is 0 Å². The maximum Gasteiger partial charge on any atom is 0.573 e. The van der Waals surface area contributed by atoms with Crippen molar-refractivity contribution in [3.63, 3.8) is 0 Å². The van der Waals surface area contributed by atoms with E-state index in [-0.39, 0.29) is 23.2 Å². The zero-order valence-electron chi connectivity index (χ0n) is 18.2. The standard InChI is InChI=1S/C23H24F3N5O2/c1-14-4-3-5-16-13-27-22(30-20(14)16)29-18-7-6-15(12-19(18)33-23(24,25)26)21(32)28-17-8-10-31(2)11-9-17/h3-7,12-13,17H,8-11H2,1-2H3,(H,28,32)(H,27,29,30). The van der Waals surface area contributed by atoms with Crippen LogP contribution in [-0.4, -0.2) is 53.3 Å². The summed E-state index contributed by atoms with van der Waals surface area (Å²) in [6.07, 6.45) is -1.77. The van der Waals surface area contributed by atoms with Crippen molar-refractivity contribution in [1.29, 1.82) is 0 Å². The van der Waals surface area contributed by atoms with Crippen molar-refractivity contribution >= 4 is 28.4 Å². The first-order valence-corrected chi connectivity index (χ1v) is 10.6. The Morgan fingerprint density at radius 3 is 2.67 bits per heavy atom. The Kier molecular flexibility index (Phi) is 6.37. The van der Waals surface area contributed by atoms with E-state index >= 15 is 0 Å². The molecule has 0 atom stereocenters. The van der Waals surface area contributed by atoms with Crippen LogP contribution < -0.4 is 15.4 Å². The molecule has 3 aromatic rings. The third-order valence-electron chi connectivity index (χ3n) is 5.58. The Bertz CT molecular complexity index is 1160. The molecule has 1 aliphatic heterocycles. The Labute approximate surface area is 189 Å².